The monoisotopic (exact) mass is 195 g/mol. The molecule has 76 valence electrons. The number of aromatic hydroxyl groups is 2. The highest BCUT2D eigenvalue weighted by molar-refractivity contribution is 5.99. The van der Waals surface area contributed by atoms with Gasteiger partial charge < -0.3 is 15.9 Å². The lowest BCUT2D eigenvalue weighted by Gasteiger charge is -2.05. The van der Waals surface area contributed by atoms with Crippen LogP contribution in [0.1, 0.15) is 22.3 Å². The van der Waals surface area contributed by atoms with E-state index in [2.05, 4.69) is 0 Å². The van der Waals surface area contributed by atoms with E-state index >= 15 is 0 Å². The molecule has 1 aromatic carbocycles. The summed E-state index contributed by atoms with van der Waals surface area (Å²) in [7, 11) is 0. The Hall–Kier alpha value is -1.55. The van der Waals surface area contributed by atoms with Crippen molar-refractivity contribution in [1.29, 1.82) is 0 Å². The number of carbonyl (C=O) groups excluding carboxylic acids is 1. The minimum atomic E-state index is -0.215. The van der Waals surface area contributed by atoms with Gasteiger partial charge in [0.15, 0.2) is 5.78 Å². The zero-order chi connectivity index (χ0) is 10.7. The highest BCUT2D eigenvalue weighted by Crippen LogP contribution is 2.27. The zero-order valence-electron chi connectivity index (χ0n) is 7.95. The second-order valence-corrected chi connectivity index (χ2v) is 3.12. The molecule has 1 aromatic rings. The van der Waals surface area contributed by atoms with Gasteiger partial charge in [-0.1, -0.05) is 0 Å². The van der Waals surface area contributed by atoms with Crippen LogP contribution in [0.5, 0.6) is 11.5 Å². The van der Waals surface area contributed by atoms with E-state index in [1.54, 1.807) is 6.92 Å². The smallest absolute Gasteiger partial charge is 0.167 e. The molecule has 0 atom stereocenters. The van der Waals surface area contributed by atoms with E-state index in [9.17, 15) is 15.0 Å². The number of hydrogen-bond acceptors (Lipinski definition) is 4. The minimum Gasteiger partial charge on any atom is -0.508 e. The summed E-state index contributed by atoms with van der Waals surface area (Å²) in [5.74, 6) is -0.438. The Morgan fingerprint density at radius 3 is 2.57 bits per heavy atom. The van der Waals surface area contributed by atoms with E-state index in [-0.39, 0.29) is 35.8 Å². The highest BCUT2D eigenvalue weighted by Gasteiger charge is 2.12. The van der Waals surface area contributed by atoms with Gasteiger partial charge in [0.25, 0.3) is 0 Å². The average Bonchev–Trinajstić information content (AvgIpc) is 2.11. The number of benzene rings is 1. The van der Waals surface area contributed by atoms with E-state index < -0.39 is 0 Å². The molecular weight excluding hydrogens is 182 g/mol. The summed E-state index contributed by atoms with van der Waals surface area (Å²) in [5.41, 5.74) is 6.01. The summed E-state index contributed by atoms with van der Waals surface area (Å²) in [6, 6.07) is 2.63. The van der Waals surface area contributed by atoms with Gasteiger partial charge in [0.2, 0.25) is 0 Å². The fourth-order valence-corrected chi connectivity index (χ4v) is 1.17. The molecule has 0 unspecified atom stereocenters. The molecule has 0 saturated carbocycles. The summed E-state index contributed by atoms with van der Waals surface area (Å²) in [6.07, 6.45) is 0.192. The Morgan fingerprint density at radius 1 is 1.36 bits per heavy atom. The highest BCUT2D eigenvalue weighted by atomic mass is 16.3. The van der Waals surface area contributed by atoms with Gasteiger partial charge >= 0.3 is 0 Å². The molecule has 14 heavy (non-hydrogen) atoms. The van der Waals surface area contributed by atoms with Crippen molar-refractivity contribution in [2.24, 2.45) is 5.73 Å². The number of aryl methyl sites for hydroxylation is 1. The molecule has 0 saturated heterocycles. The zero-order valence-corrected chi connectivity index (χ0v) is 7.95. The molecular formula is C10H13NO3. The van der Waals surface area contributed by atoms with Crippen molar-refractivity contribution >= 4 is 5.78 Å². The number of phenolic OH excluding ortho intramolecular Hbond substituents is 2. The minimum absolute atomic E-state index is 0.0215. The Morgan fingerprint density at radius 2 is 2.00 bits per heavy atom. The van der Waals surface area contributed by atoms with Crippen LogP contribution in [-0.4, -0.2) is 22.5 Å². The fraction of sp³-hybridized carbons (Fsp3) is 0.300. The number of rotatable bonds is 3. The molecule has 4 N–H and O–H groups in total. The van der Waals surface area contributed by atoms with Crippen molar-refractivity contribution in [2.75, 3.05) is 6.54 Å². The van der Waals surface area contributed by atoms with Gasteiger partial charge in [-0.2, -0.15) is 0 Å². The predicted molar refractivity (Wildman–Crippen MR) is 52.5 cm³/mol. The first-order valence-corrected chi connectivity index (χ1v) is 4.32. The molecule has 0 spiro atoms. The van der Waals surface area contributed by atoms with Crippen LogP contribution in [0.4, 0.5) is 0 Å². The van der Waals surface area contributed by atoms with E-state index in [1.807, 2.05) is 0 Å². The van der Waals surface area contributed by atoms with Gasteiger partial charge in [-0.05, 0) is 25.1 Å². The lowest BCUT2D eigenvalue weighted by molar-refractivity contribution is 0.0983. The molecule has 1 rings (SSSR count). The first kappa shape index (κ1) is 10.5. The molecule has 0 radical (unpaired) electrons. The van der Waals surface area contributed by atoms with Crippen LogP contribution in [0.25, 0.3) is 0 Å². The molecule has 0 amide bonds. The molecule has 0 fully saturated rings. The standard InChI is InChI=1S/C10H13NO3/c1-6-4-7(8(12)2-3-11)10(14)5-9(6)13/h4-5,13-14H,2-3,11H2,1H3. The third-order valence-corrected chi connectivity index (χ3v) is 1.99. The van der Waals surface area contributed by atoms with Crippen LogP contribution in [0.3, 0.4) is 0 Å². The van der Waals surface area contributed by atoms with Crippen LogP contribution in [0.15, 0.2) is 12.1 Å². The average molecular weight is 195 g/mol. The molecule has 0 aliphatic rings. The van der Waals surface area contributed by atoms with Crippen molar-refractivity contribution < 1.29 is 15.0 Å². The SMILES string of the molecule is Cc1cc(C(=O)CCN)c(O)cc1O. The largest absolute Gasteiger partial charge is 0.508 e. The third-order valence-electron chi connectivity index (χ3n) is 1.99. The Balaban J connectivity index is 3.09. The fourth-order valence-electron chi connectivity index (χ4n) is 1.17. The van der Waals surface area contributed by atoms with Crippen LogP contribution in [-0.2, 0) is 0 Å². The van der Waals surface area contributed by atoms with E-state index in [0.29, 0.717) is 5.56 Å². The van der Waals surface area contributed by atoms with E-state index in [0.717, 1.165) is 0 Å². The quantitative estimate of drug-likeness (QED) is 0.627. The number of Topliss-reactive ketones (excluding diaryl/α,β-unsaturated/α-hetero) is 1. The Bertz CT molecular complexity index is 361. The van der Waals surface area contributed by atoms with Gasteiger partial charge in [0.1, 0.15) is 11.5 Å². The third kappa shape index (κ3) is 2.03. The maximum atomic E-state index is 11.4. The van der Waals surface area contributed by atoms with Gasteiger partial charge in [-0.25, -0.2) is 0 Å². The summed E-state index contributed by atoms with van der Waals surface area (Å²) >= 11 is 0. The number of phenols is 2. The maximum absolute atomic E-state index is 11.4. The summed E-state index contributed by atoms with van der Waals surface area (Å²) < 4.78 is 0. The first-order chi connectivity index (χ1) is 6.56. The first-order valence-electron chi connectivity index (χ1n) is 4.32. The topological polar surface area (TPSA) is 83.6 Å². The Kier molecular flexibility index (Phi) is 3.09. The molecule has 0 heterocycles. The number of carbonyl (C=O) groups is 1. The van der Waals surface area contributed by atoms with Crippen molar-refractivity contribution in [3.05, 3.63) is 23.3 Å². The maximum Gasteiger partial charge on any atom is 0.167 e. The van der Waals surface area contributed by atoms with Gasteiger partial charge in [0, 0.05) is 12.5 Å². The normalized spacial score (nSPS) is 10.1. The summed E-state index contributed by atoms with van der Waals surface area (Å²) in [5, 5.41) is 18.6. The predicted octanol–water partition coefficient (Wildman–Crippen LogP) is 0.938. The second kappa shape index (κ2) is 4.11. The van der Waals surface area contributed by atoms with Crippen LogP contribution in [0, 0.1) is 6.92 Å². The lowest BCUT2D eigenvalue weighted by atomic mass is 10.0. The summed E-state index contributed by atoms with van der Waals surface area (Å²) in [4.78, 5) is 11.4. The molecule has 0 aromatic heterocycles. The van der Waals surface area contributed by atoms with Crippen LogP contribution in [0.2, 0.25) is 0 Å². The van der Waals surface area contributed by atoms with Crippen molar-refractivity contribution in [3.8, 4) is 11.5 Å². The lowest BCUT2D eigenvalue weighted by Crippen LogP contribution is -2.08. The number of nitrogens with two attached hydrogens (primary N) is 1. The van der Waals surface area contributed by atoms with E-state index in [1.165, 1.54) is 12.1 Å². The van der Waals surface area contributed by atoms with E-state index in [4.69, 9.17) is 5.73 Å². The molecule has 0 aliphatic heterocycles. The van der Waals surface area contributed by atoms with Crippen molar-refractivity contribution in [2.45, 2.75) is 13.3 Å². The second-order valence-electron chi connectivity index (χ2n) is 3.12. The molecule has 4 heteroatoms. The van der Waals surface area contributed by atoms with Crippen LogP contribution < -0.4 is 5.73 Å². The number of ketones is 1. The number of hydrogen-bond donors (Lipinski definition) is 3. The van der Waals surface area contributed by atoms with Gasteiger partial charge in [0.05, 0.1) is 5.56 Å². The Labute approximate surface area is 82.0 Å². The molecule has 0 aliphatic carbocycles. The van der Waals surface area contributed by atoms with Crippen molar-refractivity contribution in [3.63, 3.8) is 0 Å². The van der Waals surface area contributed by atoms with Gasteiger partial charge in [-0.3, -0.25) is 4.79 Å². The van der Waals surface area contributed by atoms with Gasteiger partial charge in [-0.15, -0.1) is 0 Å². The molecule has 4 nitrogen and oxygen atoms in total. The van der Waals surface area contributed by atoms with Crippen molar-refractivity contribution in [1.82, 2.24) is 0 Å². The molecule has 0 bridgehead atoms. The van der Waals surface area contributed by atoms with Crippen LogP contribution >= 0.6 is 0 Å². The summed E-state index contributed by atoms with van der Waals surface area (Å²) in [6.45, 7) is 1.91.